The Kier molecular flexibility index (Phi) is 54.6. The molecule has 0 saturated carbocycles. The van der Waals surface area contributed by atoms with E-state index < -0.39 is 64.4 Å². The van der Waals surface area contributed by atoms with Gasteiger partial charge in [0.25, 0.3) is 0 Å². The summed E-state index contributed by atoms with van der Waals surface area (Å²) >= 11 is 0. The van der Waals surface area contributed by atoms with Gasteiger partial charge in [0.1, 0.15) is 12.7 Å². The van der Waals surface area contributed by atoms with E-state index in [4.69, 9.17) is 23.3 Å². The molecule has 0 radical (unpaired) electrons. The lowest BCUT2D eigenvalue weighted by atomic mass is 10.1. The summed E-state index contributed by atoms with van der Waals surface area (Å²) in [4.78, 5) is 48.6. The van der Waals surface area contributed by atoms with E-state index in [0.717, 1.165) is 135 Å². The third kappa shape index (κ3) is 55.8. The number of allylic oxidation sites excluding steroid dienone is 26. The van der Waals surface area contributed by atoms with Crippen LogP contribution >= 0.6 is 7.82 Å². The van der Waals surface area contributed by atoms with E-state index in [-0.39, 0.29) is 19.3 Å². The van der Waals surface area contributed by atoms with Crippen molar-refractivity contribution >= 4 is 25.7 Å². The summed E-state index contributed by atoms with van der Waals surface area (Å²) < 4.78 is 39.4. The number of hydrogen-bond donors (Lipinski definition) is 2. The van der Waals surface area contributed by atoms with Crippen LogP contribution in [0, 0.1) is 0 Å². The second-order valence-corrected chi connectivity index (χ2v) is 20.1. The number of phosphoric ester groups is 1. The highest BCUT2D eigenvalue weighted by atomic mass is 31.2. The Labute approximate surface area is 473 Å². The molecule has 0 aliphatic rings. The first-order valence-electron chi connectivity index (χ1n) is 29.4. The van der Waals surface area contributed by atoms with Gasteiger partial charge in [0.2, 0.25) is 0 Å². The maximum Gasteiger partial charge on any atom is 0.472 e. The average molecular weight is 1100 g/mol. The molecule has 12 heteroatoms. The Morgan fingerprint density at radius 2 is 0.692 bits per heavy atom. The lowest BCUT2D eigenvalue weighted by Gasteiger charge is -2.21. The van der Waals surface area contributed by atoms with Crippen molar-refractivity contribution in [3.8, 4) is 0 Å². The average Bonchev–Trinajstić information content (AvgIpc) is 3.43. The van der Waals surface area contributed by atoms with E-state index in [1.54, 1.807) is 0 Å². The number of carbonyl (C=O) groups excluding carboxylic acids is 3. The molecular formula is C66H103O11P. The third-order valence-corrected chi connectivity index (χ3v) is 12.4. The Balaban J connectivity index is 4.94. The van der Waals surface area contributed by atoms with Crippen molar-refractivity contribution < 1.29 is 52.2 Å². The second kappa shape index (κ2) is 58.3. The van der Waals surface area contributed by atoms with Crippen LogP contribution in [0.4, 0.5) is 0 Å². The summed E-state index contributed by atoms with van der Waals surface area (Å²) in [6.45, 7) is 4.18. The van der Waals surface area contributed by atoms with E-state index in [1.807, 2.05) is 12.2 Å². The van der Waals surface area contributed by atoms with Crippen molar-refractivity contribution in [1.29, 1.82) is 0 Å². The number of unbranched alkanes of at least 4 members (excludes halogenated alkanes) is 9. The van der Waals surface area contributed by atoms with Gasteiger partial charge < -0.3 is 24.2 Å². The largest absolute Gasteiger partial charge is 0.472 e. The predicted octanol–water partition coefficient (Wildman–Crippen LogP) is 17.7. The highest BCUT2D eigenvalue weighted by Gasteiger charge is 2.28. The number of rotatable bonds is 52. The first-order valence-corrected chi connectivity index (χ1v) is 30.9. The van der Waals surface area contributed by atoms with Gasteiger partial charge in [-0.1, -0.05) is 211 Å². The maximum atomic E-state index is 12.9. The fraction of sp³-hybridized carbons (Fsp3) is 0.561. The van der Waals surface area contributed by atoms with Crippen LogP contribution in [0.5, 0.6) is 0 Å². The van der Waals surface area contributed by atoms with Gasteiger partial charge in [-0.25, -0.2) is 4.57 Å². The van der Waals surface area contributed by atoms with Crippen LogP contribution in [0.25, 0.3) is 0 Å². The maximum absolute atomic E-state index is 12.9. The standard InChI is InChI=1S/C66H103O11P/c1-4-7-10-13-16-19-22-25-27-29-31-33-35-38-40-43-46-49-52-55-64(68)73-59-63(77-66(70)57-54-51-48-45-42-39-36-34-32-30-28-26-23-20-17-14-11-8-5-2)61-75-78(71,72)74-60-62(58-67)76-65(69)56-53-50-47-44-41-37-24-21-18-15-12-9-6-3/h7-8,10-12,15-17,19-21,24-28,31-34,38-40,42,48,51,62-63,67H,4-6,9,13-14,18,22-23,29-30,35-37,41,43-47,49-50,52-61H2,1-3H3,(H,71,72)/b10-7-,11-8-,15-12-,19-16-,20-17-,24-21-,27-25-,28-26-,33-31-,34-32-,40-38-,42-39-,51-48-. The number of phosphoric acid groups is 1. The summed E-state index contributed by atoms with van der Waals surface area (Å²) in [7, 11) is -4.79. The van der Waals surface area contributed by atoms with Crippen molar-refractivity contribution in [2.45, 2.75) is 213 Å². The van der Waals surface area contributed by atoms with Crippen LogP contribution < -0.4 is 0 Å². The van der Waals surface area contributed by atoms with E-state index in [2.05, 4.69) is 167 Å². The van der Waals surface area contributed by atoms with Gasteiger partial charge in [-0.05, 0) is 128 Å². The smallest absolute Gasteiger partial charge is 0.462 e. The molecule has 438 valence electrons. The van der Waals surface area contributed by atoms with Crippen molar-refractivity contribution in [3.05, 3.63) is 158 Å². The van der Waals surface area contributed by atoms with E-state index >= 15 is 0 Å². The molecule has 0 aromatic rings. The molecule has 0 aromatic carbocycles. The van der Waals surface area contributed by atoms with E-state index in [0.29, 0.717) is 25.7 Å². The molecule has 0 aliphatic heterocycles. The minimum atomic E-state index is -4.79. The Morgan fingerprint density at radius 3 is 1.12 bits per heavy atom. The number of aliphatic hydroxyl groups excluding tert-OH is 1. The number of aliphatic hydroxyl groups is 1. The number of carbonyl (C=O) groups is 3. The minimum Gasteiger partial charge on any atom is -0.462 e. The summed E-state index contributed by atoms with van der Waals surface area (Å²) in [5.74, 6) is -1.64. The summed E-state index contributed by atoms with van der Waals surface area (Å²) in [5.41, 5.74) is 0. The van der Waals surface area contributed by atoms with E-state index in [1.165, 1.54) is 0 Å². The number of ether oxygens (including phenoxy) is 3. The Bertz CT molecular complexity index is 1910. The zero-order valence-corrected chi connectivity index (χ0v) is 49.2. The fourth-order valence-electron chi connectivity index (χ4n) is 7.03. The van der Waals surface area contributed by atoms with Gasteiger partial charge in [0.15, 0.2) is 6.10 Å². The molecule has 0 aliphatic carbocycles. The molecule has 3 atom stereocenters. The van der Waals surface area contributed by atoms with Gasteiger partial charge in [-0.3, -0.25) is 23.4 Å². The van der Waals surface area contributed by atoms with Crippen LogP contribution in [0.3, 0.4) is 0 Å². The highest BCUT2D eigenvalue weighted by molar-refractivity contribution is 7.47. The third-order valence-electron chi connectivity index (χ3n) is 11.4. The lowest BCUT2D eigenvalue weighted by molar-refractivity contribution is -0.161. The molecule has 0 fully saturated rings. The predicted molar refractivity (Wildman–Crippen MR) is 325 cm³/mol. The molecule has 0 amide bonds. The van der Waals surface area contributed by atoms with Crippen molar-refractivity contribution in [3.63, 3.8) is 0 Å². The lowest BCUT2D eigenvalue weighted by Crippen LogP contribution is -2.30. The van der Waals surface area contributed by atoms with Gasteiger partial charge in [-0.15, -0.1) is 0 Å². The minimum absolute atomic E-state index is 0.0242. The molecule has 0 rings (SSSR count). The van der Waals surface area contributed by atoms with Crippen LogP contribution in [0.2, 0.25) is 0 Å². The number of esters is 3. The van der Waals surface area contributed by atoms with Crippen molar-refractivity contribution in [2.75, 3.05) is 26.4 Å². The SMILES string of the molecule is CC/C=C\C/C=C\C/C=C\C/C=C\C/C=C\C/C=C\CCC(=O)OC(COC(=O)CCCCC/C=C\C/C=C\C/C=C\C/C=C\C/C=C\CC)COP(=O)(O)OCC(CO)OC(=O)CCCCCCC/C=C\C/C=C\CCC. The number of hydrogen-bond acceptors (Lipinski definition) is 10. The molecule has 0 aromatic heterocycles. The normalized spacial score (nSPS) is 14.5. The van der Waals surface area contributed by atoms with Crippen LogP contribution in [-0.4, -0.2) is 66.5 Å². The molecule has 0 bridgehead atoms. The van der Waals surface area contributed by atoms with Gasteiger partial charge in [0.05, 0.1) is 19.8 Å². The first kappa shape index (κ1) is 73.1. The first-order chi connectivity index (χ1) is 38.2. The van der Waals surface area contributed by atoms with Gasteiger partial charge in [-0.2, -0.15) is 0 Å². The quantitative estimate of drug-likeness (QED) is 0.0197. The highest BCUT2D eigenvalue weighted by Crippen LogP contribution is 2.43. The fourth-order valence-corrected chi connectivity index (χ4v) is 7.82. The topological polar surface area (TPSA) is 155 Å². The molecule has 0 spiro atoms. The van der Waals surface area contributed by atoms with Crippen molar-refractivity contribution in [2.24, 2.45) is 0 Å². The molecule has 0 heterocycles. The van der Waals surface area contributed by atoms with Gasteiger partial charge >= 0.3 is 25.7 Å². The van der Waals surface area contributed by atoms with Gasteiger partial charge in [0, 0.05) is 19.3 Å². The molecule has 0 saturated heterocycles. The van der Waals surface area contributed by atoms with E-state index in [9.17, 15) is 28.9 Å². The zero-order valence-electron chi connectivity index (χ0n) is 48.3. The van der Waals surface area contributed by atoms with Crippen LogP contribution in [-0.2, 0) is 42.2 Å². The second-order valence-electron chi connectivity index (χ2n) is 18.7. The van der Waals surface area contributed by atoms with Crippen LogP contribution in [0.1, 0.15) is 201 Å². The summed E-state index contributed by atoms with van der Waals surface area (Å²) in [6.07, 6.45) is 76.4. The summed E-state index contributed by atoms with van der Waals surface area (Å²) in [6, 6.07) is 0. The zero-order chi connectivity index (χ0) is 56.9. The molecule has 11 nitrogen and oxygen atoms in total. The Morgan fingerprint density at radius 1 is 0.372 bits per heavy atom. The molecule has 3 unspecified atom stereocenters. The van der Waals surface area contributed by atoms with Crippen LogP contribution in [0.15, 0.2) is 158 Å². The van der Waals surface area contributed by atoms with Crippen molar-refractivity contribution in [1.82, 2.24) is 0 Å². The Hall–Kier alpha value is -4.90. The monoisotopic (exact) mass is 1100 g/mol. The summed E-state index contributed by atoms with van der Waals surface area (Å²) in [5, 5.41) is 9.81. The molecule has 2 N–H and O–H groups in total. The molecular weight excluding hydrogens is 1000 g/mol. The molecule has 78 heavy (non-hydrogen) atoms.